The first kappa shape index (κ1) is 23.3. The quantitative estimate of drug-likeness (QED) is 0.420. The van der Waals surface area contributed by atoms with Crippen molar-refractivity contribution < 1.29 is 27.7 Å². The highest BCUT2D eigenvalue weighted by molar-refractivity contribution is 6.43. The number of carbonyl (C=O) groups is 3. The highest BCUT2D eigenvalue weighted by atomic mass is 19.2. The molecule has 34 heavy (non-hydrogen) atoms. The third kappa shape index (κ3) is 4.33. The first-order chi connectivity index (χ1) is 16.2. The molecule has 11 heteroatoms. The maximum atomic E-state index is 13.6. The Hall–Kier alpha value is -3.89. The molecule has 1 atom stereocenters. The lowest BCUT2D eigenvalue weighted by molar-refractivity contribution is -0.117. The van der Waals surface area contributed by atoms with E-state index in [1.807, 2.05) is 0 Å². The number of amides is 2. The van der Waals surface area contributed by atoms with Crippen molar-refractivity contribution in [1.29, 1.82) is 0 Å². The number of nitrogens with zero attached hydrogens (tertiary/aromatic N) is 3. The molecule has 0 bridgehead atoms. The van der Waals surface area contributed by atoms with Crippen molar-refractivity contribution in [2.75, 3.05) is 5.32 Å². The van der Waals surface area contributed by atoms with E-state index in [2.05, 4.69) is 20.8 Å². The maximum absolute atomic E-state index is 13.6. The number of ketones is 1. The van der Waals surface area contributed by atoms with Gasteiger partial charge in [-0.05, 0) is 57.7 Å². The number of carbonyl (C=O) groups excluding carboxylic acids is 3. The van der Waals surface area contributed by atoms with Crippen LogP contribution in [0.5, 0.6) is 0 Å². The molecule has 0 aliphatic carbocycles. The third-order valence-corrected chi connectivity index (χ3v) is 5.75. The Kier molecular flexibility index (Phi) is 6.27. The summed E-state index contributed by atoms with van der Waals surface area (Å²) >= 11 is 0. The summed E-state index contributed by atoms with van der Waals surface area (Å²) in [5, 5.41) is 8.78. The number of nitrogens with one attached hydrogen (secondary N) is 2. The summed E-state index contributed by atoms with van der Waals surface area (Å²) in [5.74, 6) is -3.79. The number of anilines is 1. The second-order valence-corrected chi connectivity index (χ2v) is 8.19. The molecule has 3 heterocycles. The zero-order valence-corrected chi connectivity index (χ0v) is 18.9. The van der Waals surface area contributed by atoms with E-state index in [0.29, 0.717) is 30.0 Å². The van der Waals surface area contributed by atoms with Gasteiger partial charge in [0.15, 0.2) is 17.5 Å². The molecule has 1 aliphatic heterocycles. The highest BCUT2D eigenvalue weighted by Crippen LogP contribution is 2.30. The average molecular weight is 471 g/mol. The Morgan fingerprint density at radius 2 is 1.91 bits per heavy atom. The van der Waals surface area contributed by atoms with Crippen molar-refractivity contribution >= 4 is 23.3 Å². The van der Waals surface area contributed by atoms with E-state index >= 15 is 0 Å². The van der Waals surface area contributed by atoms with Crippen LogP contribution in [0.4, 0.5) is 14.5 Å². The van der Waals surface area contributed by atoms with Gasteiger partial charge in [-0.2, -0.15) is 4.98 Å². The molecule has 0 radical (unpaired) electrons. The van der Waals surface area contributed by atoms with Gasteiger partial charge in [-0.15, -0.1) is 0 Å². The van der Waals surface area contributed by atoms with Crippen molar-refractivity contribution in [3.05, 3.63) is 64.1 Å². The van der Waals surface area contributed by atoms with E-state index in [9.17, 15) is 23.2 Å². The van der Waals surface area contributed by atoms with E-state index in [4.69, 9.17) is 4.52 Å². The third-order valence-electron chi connectivity index (χ3n) is 5.75. The standard InChI is InChI=1S/C23H23F2N5O4/c1-11-18(21(32)28-14-7-8-15(24)16(25)10-14)17-6-4-5-9-30(17)19(11)20(31)22(33)26-12(2)23-27-13(3)29-34-23/h7-8,10,12H,4-6,9H2,1-3H3,(H,26,33)(H,28,32)/t12-/m1/s1. The van der Waals surface area contributed by atoms with Crippen LogP contribution >= 0.6 is 0 Å². The smallest absolute Gasteiger partial charge is 0.294 e. The first-order valence-electron chi connectivity index (χ1n) is 10.8. The van der Waals surface area contributed by atoms with Crippen molar-refractivity contribution in [2.45, 2.75) is 52.6 Å². The molecule has 0 fully saturated rings. The predicted octanol–water partition coefficient (Wildman–Crippen LogP) is 3.41. The predicted molar refractivity (Wildman–Crippen MR) is 116 cm³/mol. The number of aromatic nitrogens is 3. The molecule has 0 saturated heterocycles. The van der Waals surface area contributed by atoms with Crippen LogP contribution in [0, 0.1) is 25.5 Å². The Bertz CT molecular complexity index is 1300. The molecule has 178 valence electrons. The van der Waals surface area contributed by atoms with Crippen LogP contribution in [0.25, 0.3) is 0 Å². The van der Waals surface area contributed by atoms with Gasteiger partial charge < -0.3 is 19.7 Å². The molecule has 2 aromatic heterocycles. The van der Waals surface area contributed by atoms with Crippen LogP contribution in [-0.2, 0) is 17.8 Å². The van der Waals surface area contributed by atoms with Gasteiger partial charge in [-0.3, -0.25) is 14.4 Å². The van der Waals surface area contributed by atoms with Crippen LogP contribution in [0.1, 0.15) is 69.6 Å². The van der Waals surface area contributed by atoms with Crippen LogP contribution in [-0.4, -0.2) is 32.3 Å². The molecule has 4 rings (SSSR count). The van der Waals surface area contributed by atoms with Crippen LogP contribution in [0.2, 0.25) is 0 Å². The van der Waals surface area contributed by atoms with Gasteiger partial charge in [0.25, 0.3) is 17.6 Å². The van der Waals surface area contributed by atoms with Crippen LogP contribution in [0.15, 0.2) is 22.7 Å². The fourth-order valence-corrected chi connectivity index (χ4v) is 4.16. The number of hydrogen-bond donors (Lipinski definition) is 2. The summed E-state index contributed by atoms with van der Waals surface area (Å²) in [6.07, 6.45) is 2.13. The molecule has 1 aliphatic rings. The van der Waals surface area contributed by atoms with Gasteiger partial charge >= 0.3 is 0 Å². The van der Waals surface area contributed by atoms with Crippen LogP contribution in [0.3, 0.4) is 0 Å². The number of fused-ring (bicyclic) bond motifs is 1. The van der Waals surface area contributed by atoms with Gasteiger partial charge in [-0.25, -0.2) is 8.78 Å². The maximum Gasteiger partial charge on any atom is 0.294 e. The minimum Gasteiger partial charge on any atom is -0.341 e. The second-order valence-electron chi connectivity index (χ2n) is 8.19. The largest absolute Gasteiger partial charge is 0.341 e. The van der Waals surface area contributed by atoms with Gasteiger partial charge in [0.1, 0.15) is 6.04 Å². The Balaban J connectivity index is 1.63. The van der Waals surface area contributed by atoms with Gasteiger partial charge in [0, 0.05) is 24.0 Å². The number of rotatable bonds is 6. The van der Waals surface area contributed by atoms with E-state index in [-0.39, 0.29) is 22.8 Å². The molecular formula is C23H23F2N5O4. The molecule has 2 amide bonds. The van der Waals surface area contributed by atoms with E-state index < -0.39 is 35.3 Å². The summed E-state index contributed by atoms with van der Waals surface area (Å²) in [7, 11) is 0. The minimum absolute atomic E-state index is 0.0772. The number of Topliss-reactive ketones (excluding diaryl/α,β-unsaturated/α-hetero) is 1. The number of aryl methyl sites for hydroxylation is 1. The zero-order valence-electron chi connectivity index (χ0n) is 18.9. The molecular weight excluding hydrogens is 448 g/mol. The zero-order chi connectivity index (χ0) is 24.6. The SMILES string of the molecule is Cc1noc([C@@H](C)NC(=O)C(=O)c2c(C)c(C(=O)Nc3ccc(F)c(F)c3)c3n2CCCC3)n1. The Labute approximate surface area is 193 Å². The number of hydrogen-bond acceptors (Lipinski definition) is 6. The van der Waals surface area contributed by atoms with Gasteiger partial charge in [0.2, 0.25) is 5.89 Å². The van der Waals surface area contributed by atoms with Crippen molar-refractivity contribution in [3.63, 3.8) is 0 Å². The summed E-state index contributed by atoms with van der Waals surface area (Å²) < 4.78 is 33.5. The van der Waals surface area contributed by atoms with Gasteiger partial charge in [0.05, 0.1) is 11.3 Å². The molecule has 0 saturated carbocycles. The molecule has 3 aromatic rings. The molecule has 0 unspecified atom stereocenters. The lowest BCUT2D eigenvalue weighted by atomic mass is 10.0. The second kappa shape index (κ2) is 9.16. The summed E-state index contributed by atoms with van der Waals surface area (Å²) in [6.45, 7) is 5.31. The fraction of sp³-hybridized carbons (Fsp3) is 0.348. The van der Waals surface area contributed by atoms with Crippen molar-refractivity contribution in [2.24, 2.45) is 0 Å². The van der Waals surface area contributed by atoms with E-state index in [1.165, 1.54) is 6.07 Å². The molecule has 9 nitrogen and oxygen atoms in total. The van der Waals surface area contributed by atoms with Crippen LogP contribution < -0.4 is 10.6 Å². The molecule has 2 N–H and O–H groups in total. The lowest BCUT2D eigenvalue weighted by Gasteiger charge is -2.18. The minimum atomic E-state index is -1.09. The summed E-state index contributed by atoms with van der Waals surface area (Å²) in [5.41, 5.74) is 1.42. The molecule has 1 aromatic carbocycles. The van der Waals surface area contributed by atoms with Crippen molar-refractivity contribution in [1.82, 2.24) is 20.0 Å². The monoisotopic (exact) mass is 471 g/mol. The number of halogens is 2. The highest BCUT2D eigenvalue weighted by Gasteiger charge is 2.33. The van der Waals surface area contributed by atoms with E-state index in [1.54, 1.807) is 25.3 Å². The molecule has 0 spiro atoms. The van der Waals surface area contributed by atoms with Crippen molar-refractivity contribution in [3.8, 4) is 0 Å². The van der Waals surface area contributed by atoms with E-state index in [0.717, 1.165) is 25.0 Å². The average Bonchev–Trinajstić information content (AvgIpc) is 3.36. The van der Waals surface area contributed by atoms with Gasteiger partial charge in [-0.1, -0.05) is 5.16 Å². The lowest BCUT2D eigenvalue weighted by Crippen LogP contribution is -2.35. The summed E-state index contributed by atoms with van der Waals surface area (Å²) in [6, 6.07) is 2.35. The number of benzene rings is 1. The Morgan fingerprint density at radius 3 is 2.59 bits per heavy atom. The first-order valence-corrected chi connectivity index (χ1v) is 10.8. The topological polar surface area (TPSA) is 119 Å². The summed E-state index contributed by atoms with van der Waals surface area (Å²) in [4.78, 5) is 43.1. The normalized spacial score (nSPS) is 13.8. The fourth-order valence-electron chi connectivity index (χ4n) is 4.16. The Morgan fingerprint density at radius 1 is 1.15 bits per heavy atom.